The third kappa shape index (κ3) is 6.93. The van der Waals surface area contributed by atoms with Gasteiger partial charge in [0.2, 0.25) is 15.9 Å². The molecule has 0 aliphatic carbocycles. The van der Waals surface area contributed by atoms with Crippen LogP contribution in [0.2, 0.25) is 0 Å². The second-order valence-corrected chi connectivity index (χ2v) is 9.61. The number of carbonyl (C=O) groups excluding carboxylic acids is 1. The van der Waals surface area contributed by atoms with E-state index in [9.17, 15) is 13.2 Å². The maximum atomic E-state index is 13.4. The molecule has 182 valence electrons. The molecule has 2 aromatic carbocycles. The molecule has 1 heterocycles. The lowest BCUT2D eigenvalue weighted by molar-refractivity contribution is -0.133. The highest BCUT2D eigenvalue weighted by Crippen LogP contribution is 2.21. The first kappa shape index (κ1) is 25.5. The standard InChI is InChI=1S/C25H30N2O6S/c1-31-16-7-15-27(34(29,30)24-13-11-22(32-2)12-14-24)20-25(28)26(19-23-10-6-17-33-23)18-21-8-4-3-5-9-21/h3-6,8-14,17H,7,15-16,18-20H2,1-2H3. The van der Waals surface area contributed by atoms with Crippen molar-refractivity contribution >= 4 is 15.9 Å². The molecule has 0 bridgehead atoms. The van der Waals surface area contributed by atoms with Crippen molar-refractivity contribution in [2.24, 2.45) is 0 Å². The molecule has 0 spiro atoms. The number of rotatable bonds is 13. The fraction of sp³-hybridized carbons (Fsp3) is 0.320. The van der Waals surface area contributed by atoms with Gasteiger partial charge in [-0.3, -0.25) is 4.79 Å². The SMILES string of the molecule is COCCCN(CC(=O)N(Cc1ccccc1)Cc1ccco1)S(=O)(=O)c1ccc(OC)cc1. The molecule has 0 aliphatic heterocycles. The number of carbonyl (C=O) groups is 1. The number of nitrogens with zero attached hydrogens (tertiary/aromatic N) is 2. The first-order valence-corrected chi connectivity index (χ1v) is 12.3. The van der Waals surface area contributed by atoms with Crippen LogP contribution in [-0.4, -0.2) is 57.4 Å². The van der Waals surface area contributed by atoms with E-state index in [1.807, 2.05) is 30.3 Å². The van der Waals surface area contributed by atoms with Crippen LogP contribution < -0.4 is 4.74 Å². The van der Waals surface area contributed by atoms with Crippen molar-refractivity contribution in [1.82, 2.24) is 9.21 Å². The molecule has 0 saturated carbocycles. The van der Waals surface area contributed by atoms with E-state index in [0.717, 1.165) is 5.56 Å². The van der Waals surface area contributed by atoms with E-state index >= 15 is 0 Å². The highest BCUT2D eigenvalue weighted by atomic mass is 32.2. The average molecular weight is 487 g/mol. The minimum atomic E-state index is -3.92. The van der Waals surface area contributed by atoms with Gasteiger partial charge in [-0.2, -0.15) is 4.31 Å². The number of furan rings is 1. The first-order chi connectivity index (χ1) is 16.4. The van der Waals surface area contributed by atoms with Crippen LogP contribution in [0.1, 0.15) is 17.7 Å². The maximum absolute atomic E-state index is 13.4. The molecule has 0 aliphatic rings. The van der Waals surface area contributed by atoms with Crippen molar-refractivity contribution in [3.05, 3.63) is 84.3 Å². The summed E-state index contributed by atoms with van der Waals surface area (Å²) < 4.78 is 43.7. The molecule has 0 unspecified atom stereocenters. The lowest BCUT2D eigenvalue weighted by atomic mass is 10.2. The lowest BCUT2D eigenvalue weighted by Gasteiger charge is -2.27. The predicted molar refractivity (Wildman–Crippen MR) is 128 cm³/mol. The molecule has 8 nitrogen and oxygen atoms in total. The molecule has 0 fully saturated rings. The quantitative estimate of drug-likeness (QED) is 0.343. The molecule has 34 heavy (non-hydrogen) atoms. The van der Waals surface area contributed by atoms with Crippen LogP contribution in [0.25, 0.3) is 0 Å². The second kappa shape index (κ2) is 12.4. The van der Waals surface area contributed by atoms with E-state index < -0.39 is 10.0 Å². The third-order valence-electron chi connectivity index (χ3n) is 5.26. The molecule has 3 rings (SSSR count). The molecule has 1 amide bonds. The summed E-state index contributed by atoms with van der Waals surface area (Å²) in [5.74, 6) is 0.844. The van der Waals surface area contributed by atoms with Crippen LogP contribution in [-0.2, 0) is 32.6 Å². The Kier molecular flexibility index (Phi) is 9.26. The van der Waals surface area contributed by atoms with Gasteiger partial charge in [0.15, 0.2) is 0 Å². The van der Waals surface area contributed by atoms with Crippen molar-refractivity contribution in [2.45, 2.75) is 24.4 Å². The summed E-state index contributed by atoms with van der Waals surface area (Å²) in [6.45, 7) is 0.784. The van der Waals surface area contributed by atoms with Gasteiger partial charge in [0.05, 0.1) is 31.4 Å². The Morgan fingerprint density at radius 3 is 2.29 bits per heavy atom. The summed E-state index contributed by atoms with van der Waals surface area (Å²) in [6, 6.07) is 19.2. The highest BCUT2D eigenvalue weighted by Gasteiger charge is 2.28. The van der Waals surface area contributed by atoms with Crippen LogP contribution >= 0.6 is 0 Å². The van der Waals surface area contributed by atoms with Crippen molar-refractivity contribution in [3.63, 3.8) is 0 Å². The molecular weight excluding hydrogens is 456 g/mol. The van der Waals surface area contributed by atoms with Gasteiger partial charge in [-0.25, -0.2) is 8.42 Å². The van der Waals surface area contributed by atoms with E-state index in [1.165, 1.54) is 23.5 Å². The number of methoxy groups -OCH3 is 2. The smallest absolute Gasteiger partial charge is 0.243 e. The first-order valence-electron chi connectivity index (χ1n) is 10.9. The molecule has 9 heteroatoms. The zero-order valence-electron chi connectivity index (χ0n) is 19.4. The van der Waals surface area contributed by atoms with Crippen LogP contribution in [0.5, 0.6) is 5.75 Å². The summed E-state index contributed by atoms with van der Waals surface area (Å²) in [6.07, 6.45) is 2.00. The van der Waals surface area contributed by atoms with Gasteiger partial charge in [0.25, 0.3) is 0 Å². The molecule has 1 aromatic heterocycles. The fourth-order valence-corrected chi connectivity index (χ4v) is 4.87. The van der Waals surface area contributed by atoms with E-state index in [1.54, 1.807) is 42.5 Å². The van der Waals surface area contributed by atoms with Crippen molar-refractivity contribution in [1.29, 1.82) is 0 Å². The monoisotopic (exact) mass is 486 g/mol. The second-order valence-electron chi connectivity index (χ2n) is 7.68. The predicted octanol–water partition coefficient (Wildman–Crippen LogP) is 3.54. The van der Waals surface area contributed by atoms with Gasteiger partial charge in [-0.05, 0) is 48.4 Å². The number of benzene rings is 2. The highest BCUT2D eigenvalue weighted by molar-refractivity contribution is 7.89. The maximum Gasteiger partial charge on any atom is 0.243 e. The average Bonchev–Trinajstić information content (AvgIpc) is 3.37. The number of amides is 1. The fourth-order valence-electron chi connectivity index (χ4n) is 3.44. The van der Waals surface area contributed by atoms with Gasteiger partial charge in [0.1, 0.15) is 11.5 Å². The van der Waals surface area contributed by atoms with Crippen molar-refractivity contribution in [3.8, 4) is 5.75 Å². The zero-order valence-corrected chi connectivity index (χ0v) is 20.2. The topological polar surface area (TPSA) is 89.3 Å². The van der Waals surface area contributed by atoms with Crippen LogP contribution in [0.15, 0.2) is 82.3 Å². The van der Waals surface area contributed by atoms with Crippen LogP contribution in [0, 0.1) is 0 Å². The molecule has 0 saturated heterocycles. The van der Waals surface area contributed by atoms with Crippen molar-refractivity contribution < 1.29 is 27.1 Å². The Hall–Kier alpha value is -3.14. The summed E-state index contributed by atoms with van der Waals surface area (Å²) in [5, 5.41) is 0. The molecule has 0 atom stereocenters. The van der Waals surface area contributed by atoms with Crippen LogP contribution in [0.3, 0.4) is 0 Å². The molecule has 0 radical (unpaired) electrons. The van der Waals surface area contributed by atoms with Gasteiger partial charge in [-0.15, -0.1) is 0 Å². The zero-order chi connectivity index (χ0) is 24.4. The van der Waals surface area contributed by atoms with Gasteiger partial charge < -0.3 is 18.8 Å². The molecule has 3 aromatic rings. The van der Waals surface area contributed by atoms with E-state index in [0.29, 0.717) is 31.1 Å². The van der Waals surface area contributed by atoms with Crippen LogP contribution in [0.4, 0.5) is 0 Å². The number of hydrogen-bond acceptors (Lipinski definition) is 6. The third-order valence-corrected chi connectivity index (χ3v) is 7.12. The van der Waals surface area contributed by atoms with Gasteiger partial charge in [-0.1, -0.05) is 30.3 Å². The minimum Gasteiger partial charge on any atom is -0.497 e. The van der Waals surface area contributed by atoms with E-state index in [-0.39, 0.29) is 30.4 Å². The van der Waals surface area contributed by atoms with E-state index in [4.69, 9.17) is 13.9 Å². The van der Waals surface area contributed by atoms with Gasteiger partial charge in [0, 0.05) is 26.8 Å². The number of sulfonamides is 1. The largest absolute Gasteiger partial charge is 0.497 e. The number of ether oxygens (including phenoxy) is 2. The van der Waals surface area contributed by atoms with Crippen molar-refractivity contribution in [2.75, 3.05) is 33.9 Å². The Balaban J connectivity index is 1.84. The Bertz CT molecular complexity index is 1120. The Morgan fingerprint density at radius 2 is 1.68 bits per heavy atom. The lowest BCUT2D eigenvalue weighted by Crippen LogP contribution is -2.43. The summed E-state index contributed by atoms with van der Waals surface area (Å²) in [5.41, 5.74) is 0.936. The number of hydrogen-bond donors (Lipinski definition) is 0. The Labute approximate surface area is 200 Å². The molecular formula is C25H30N2O6S. The normalized spacial score (nSPS) is 11.5. The minimum absolute atomic E-state index is 0.0964. The Morgan fingerprint density at radius 1 is 0.941 bits per heavy atom. The summed E-state index contributed by atoms with van der Waals surface area (Å²) >= 11 is 0. The van der Waals surface area contributed by atoms with E-state index in [2.05, 4.69) is 0 Å². The summed E-state index contributed by atoms with van der Waals surface area (Å²) in [4.78, 5) is 15.1. The van der Waals surface area contributed by atoms with Gasteiger partial charge >= 0.3 is 0 Å². The summed E-state index contributed by atoms with van der Waals surface area (Å²) in [7, 11) is -0.851. The molecule has 0 N–H and O–H groups in total.